The molecule has 1 fully saturated rings. The van der Waals surface area contributed by atoms with Gasteiger partial charge in [-0.2, -0.15) is 0 Å². The minimum Gasteiger partial charge on any atom is -0.444 e. The van der Waals surface area contributed by atoms with E-state index >= 15 is 0 Å². The molecule has 0 aromatic heterocycles. The molecule has 1 rings (SSSR count). The zero-order valence-corrected chi connectivity index (χ0v) is 12.0. The van der Waals surface area contributed by atoms with E-state index in [-0.39, 0.29) is 17.7 Å². The fourth-order valence-corrected chi connectivity index (χ4v) is 1.74. The fourth-order valence-electron chi connectivity index (χ4n) is 1.74. The van der Waals surface area contributed by atoms with Gasteiger partial charge in [0.1, 0.15) is 5.60 Å². The van der Waals surface area contributed by atoms with Crippen molar-refractivity contribution in [1.82, 2.24) is 10.2 Å². The molecule has 0 aromatic carbocycles. The molecule has 1 aliphatic carbocycles. The van der Waals surface area contributed by atoms with Crippen LogP contribution in [0.25, 0.3) is 0 Å². The molecular formula is C13H26N2O2. The SMILES string of the molecule is CNC1(CN(C(=O)OC(C)(C)C)C(C)C)CC1. The molecule has 0 bridgehead atoms. The van der Waals surface area contributed by atoms with Gasteiger partial charge in [-0.1, -0.05) is 0 Å². The molecule has 0 unspecified atom stereocenters. The molecule has 1 N–H and O–H groups in total. The molecule has 0 atom stereocenters. The minimum atomic E-state index is -0.430. The number of amides is 1. The van der Waals surface area contributed by atoms with Crippen LogP contribution in [0.2, 0.25) is 0 Å². The van der Waals surface area contributed by atoms with Gasteiger partial charge < -0.3 is 15.0 Å². The van der Waals surface area contributed by atoms with E-state index in [1.165, 1.54) is 0 Å². The second kappa shape index (κ2) is 4.84. The third kappa shape index (κ3) is 4.19. The van der Waals surface area contributed by atoms with Crippen LogP contribution in [0, 0.1) is 0 Å². The number of hydrogen-bond donors (Lipinski definition) is 1. The normalized spacial score (nSPS) is 18.1. The summed E-state index contributed by atoms with van der Waals surface area (Å²) in [5.41, 5.74) is -0.304. The molecular weight excluding hydrogens is 216 g/mol. The predicted octanol–water partition coefficient (Wildman–Crippen LogP) is 2.38. The highest BCUT2D eigenvalue weighted by Gasteiger charge is 2.44. The predicted molar refractivity (Wildman–Crippen MR) is 69.1 cm³/mol. The summed E-state index contributed by atoms with van der Waals surface area (Å²) in [6.45, 7) is 10.5. The Morgan fingerprint density at radius 3 is 2.24 bits per heavy atom. The Bertz CT molecular complexity index is 278. The monoisotopic (exact) mass is 242 g/mol. The Kier molecular flexibility index (Phi) is 4.07. The molecule has 17 heavy (non-hydrogen) atoms. The number of hydrogen-bond acceptors (Lipinski definition) is 3. The molecule has 100 valence electrons. The highest BCUT2D eigenvalue weighted by Crippen LogP contribution is 2.36. The smallest absolute Gasteiger partial charge is 0.410 e. The second-order valence-electron chi connectivity index (χ2n) is 6.23. The van der Waals surface area contributed by atoms with Crippen LogP contribution in [0.4, 0.5) is 4.79 Å². The zero-order valence-electron chi connectivity index (χ0n) is 12.0. The zero-order chi connectivity index (χ0) is 13.3. The summed E-state index contributed by atoms with van der Waals surface area (Å²) in [6, 6.07) is 0.163. The van der Waals surface area contributed by atoms with Crippen molar-refractivity contribution in [2.75, 3.05) is 13.6 Å². The maximum Gasteiger partial charge on any atom is 0.410 e. The van der Waals surface area contributed by atoms with Gasteiger partial charge in [-0.25, -0.2) is 4.79 Å². The first-order chi connectivity index (χ1) is 7.69. The van der Waals surface area contributed by atoms with Crippen LogP contribution in [0.5, 0.6) is 0 Å². The molecule has 0 radical (unpaired) electrons. The van der Waals surface area contributed by atoms with Crippen LogP contribution in [-0.2, 0) is 4.74 Å². The summed E-state index contributed by atoms with van der Waals surface area (Å²) >= 11 is 0. The molecule has 4 heteroatoms. The van der Waals surface area contributed by atoms with E-state index in [1.54, 1.807) is 0 Å². The number of rotatable bonds is 4. The van der Waals surface area contributed by atoms with E-state index in [2.05, 4.69) is 5.32 Å². The first-order valence-corrected chi connectivity index (χ1v) is 6.38. The van der Waals surface area contributed by atoms with E-state index in [4.69, 9.17) is 4.74 Å². The largest absolute Gasteiger partial charge is 0.444 e. The van der Waals surface area contributed by atoms with E-state index in [1.807, 2.05) is 46.6 Å². The van der Waals surface area contributed by atoms with Crippen LogP contribution in [0.3, 0.4) is 0 Å². The average molecular weight is 242 g/mol. The molecule has 0 saturated heterocycles. The molecule has 1 amide bonds. The van der Waals surface area contributed by atoms with Crippen molar-refractivity contribution < 1.29 is 9.53 Å². The maximum atomic E-state index is 12.1. The lowest BCUT2D eigenvalue weighted by Gasteiger charge is -2.32. The molecule has 0 heterocycles. The van der Waals surface area contributed by atoms with Gasteiger partial charge in [-0.3, -0.25) is 0 Å². The Balaban J connectivity index is 2.63. The summed E-state index contributed by atoms with van der Waals surface area (Å²) in [5.74, 6) is 0. The average Bonchev–Trinajstić information content (AvgIpc) is 2.91. The molecule has 1 aliphatic rings. The highest BCUT2D eigenvalue weighted by molar-refractivity contribution is 5.68. The van der Waals surface area contributed by atoms with E-state index in [0.29, 0.717) is 0 Å². The first-order valence-electron chi connectivity index (χ1n) is 6.38. The molecule has 0 spiro atoms. The number of nitrogens with one attached hydrogen (secondary N) is 1. The topological polar surface area (TPSA) is 41.6 Å². The van der Waals surface area contributed by atoms with Crippen LogP contribution < -0.4 is 5.32 Å². The Morgan fingerprint density at radius 2 is 1.94 bits per heavy atom. The van der Waals surface area contributed by atoms with Gasteiger partial charge in [-0.15, -0.1) is 0 Å². The van der Waals surface area contributed by atoms with Crippen molar-refractivity contribution in [3.63, 3.8) is 0 Å². The van der Waals surface area contributed by atoms with Crippen LogP contribution in [0.1, 0.15) is 47.5 Å². The number of nitrogens with zero attached hydrogens (tertiary/aromatic N) is 1. The van der Waals surface area contributed by atoms with E-state index in [0.717, 1.165) is 19.4 Å². The van der Waals surface area contributed by atoms with E-state index < -0.39 is 5.60 Å². The first kappa shape index (κ1) is 14.3. The van der Waals surface area contributed by atoms with Crippen molar-refractivity contribution in [1.29, 1.82) is 0 Å². The van der Waals surface area contributed by atoms with Gasteiger partial charge in [-0.05, 0) is 54.5 Å². The van der Waals surface area contributed by atoms with Crippen molar-refractivity contribution in [2.24, 2.45) is 0 Å². The van der Waals surface area contributed by atoms with Gasteiger partial charge in [0.25, 0.3) is 0 Å². The van der Waals surface area contributed by atoms with Gasteiger partial charge in [0, 0.05) is 18.1 Å². The molecule has 1 saturated carbocycles. The summed E-state index contributed by atoms with van der Waals surface area (Å²) in [4.78, 5) is 13.9. The van der Waals surface area contributed by atoms with Gasteiger partial charge in [0.15, 0.2) is 0 Å². The van der Waals surface area contributed by atoms with Crippen molar-refractivity contribution in [3.05, 3.63) is 0 Å². The number of carbonyl (C=O) groups excluding carboxylic acids is 1. The lowest BCUT2D eigenvalue weighted by molar-refractivity contribution is 0.0164. The van der Waals surface area contributed by atoms with Crippen molar-refractivity contribution in [2.45, 2.75) is 64.6 Å². The third-order valence-corrected chi connectivity index (χ3v) is 3.11. The summed E-state index contributed by atoms with van der Waals surface area (Å²) in [6.07, 6.45) is 2.06. The fraction of sp³-hybridized carbons (Fsp3) is 0.923. The van der Waals surface area contributed by atoms with Crippen LogP contribution >= 0.6 is 0 Å². The highest BCUT2D eigenvalue weighted by atomic mass is 16.6. The lowest BCUT2D eigenvalue weighted by Crippen LogP contribution is -2.48. The minimum absolute atomic E-state index is 0.126. The Labute approximate surface area is 105 Å². The Morgan fingerprint density at radius 1 is 1.41 bits per heavy atom. The van der Waals surface area contributed by atoms with Gasteiger partial charge in [0.05, 0.1) is 0 Å². The maximum absolute atomic E-state index is 12.1. The van der Waals surface area contributed by atoms with Gasteiger partial charge in [0.2, 0.25) is 0 Å². The Hall–Kier alpha value is -0.770. The van der Waals surface area contributed by atoms with Crippen molar-refractivity contribution >= 4 is 6.09 Å². The van der Waals surface area contributed by atoms with Gasteiger partial charge >= 0.3 is 6.09 Å². The van der Waals surface area contributed by atoms with Crippen LogP contribution in [0.15, 0.2) is 0 Å². The molecule has 0 aliphatic heterocycles. The summed E-state index contributed by atoms with van der Waals surface area (Å²) in [7, 11) is 1.96. The van der Waals surface area contributed by atoms with Crippen LogP contribution in [-0.4, -0.2) is 41.8 Å². The second-order valence-corrected chi connectivity index (χ2v) is 6.23. The molecule has 4 nitrogen and oxygen atoms in total. The summed E-state index contributed by atoms with van der Waals surface area (Å²) < 4.78 is 5.44. The number of likely N-dealkylation sites (N-methyl/N-ethyl adjacent to an activating group) is 1. The van der Waals surface area contributed by atoms with E-state index in [9.17, 15) is 4.79 Å². The third-order valence-electron chi connectivity index (χ3n) is 3.11. The molecule has 0 aromatic rings. The quantitative estimate of drug-likeness (QED) is 0.823. The standard InChI is InChI=1S/C13H26N2O2/c1-10(2)15(9-13(14-6)7-8-13)11(16)17-12(3,4)5/h10,14H,7-9H2,1-6H3. The summed E-state index contributed by atoms with van der Waals surface area (Å²) in [5, 5.41) is 3.31. The van der Waals surface area contributed by atoms with Crippen molar-refractivity contribution in [3.8, 4) is 0 Å². The number of carbonyl (C=O) groups is 1. The number of ether oxygens (including phenoxy) is 1. The lowest BCUT2D eigenvalue weighted by atomic mass is 10.2.